The van der Waals surface area contributed by atoms with Crippen molar-refractivity contribution in [1.82, 2.24) is 19.9 Å². The van der Waals surface area contributed by atoms with E-state index in [1.807, 2.05) is 7.05 Å². The lowest BCUT2D eigenvalue weighted by molar-refractivity contribution is 0.911. The fraction of sp³-hybridized carbons (Fsp3) is 0.267. The number of nitrogens with zero attached hydrogens (tertiary/aromatic N) is 3. The number of anilines is 1. The van der Waals surface area contributed by atoms with Gasteiger partial charge in [-0.15, -0.1) is 0 Å². The first-order valence-corrected chi connectivity index (χ1v) is 7.83. The number of benzene rings is 1. The molecule has 5 nitrogen and oxygen atoms in total. The molecular formula is C15H15N5S. The second-order valence-corrected chi connectivity index (χ2v) is 6.15. The third-order valence-corrected chi connectivity index (χ3v) is 4.74. The van der Waals surface area contributed by atoms with E-state index < -0.39 is 0 Å². The Hall–Kier alpha value is -2.08. The summed E-state index contributed by atoms with van der Waals surface area (Å²) < 4.78 is 0. The number of hydrogen-bond acceptors (Lipinski definition) is 5. The van der Waals surface area contributed by atoms with E-state index >= 15 is 0 Å². The SMILES string of the molecule is CNc1nc(Sc2ccc3c(c2)CCC3)c2[nH]cnc2n1. The molecule has 2 heterocycles. The number of H-pyrrole nitrogens is 1. The minimum absolute atomic E-state index is 0.596. The van der Waals surface area contributed by atoms with Gasteiger partial charge in [0.1, 0.15) is 10.5 Å². The van der Waals surface area contributed by atoms with Crippen LogP contribution in [0.2, 0.25) is 0 Å². The average Bonchev–Trinajstić information content (AvgIpc) is 3.14. The number of aromatic nitrogens is 4. The van der Waals surface area contributed by atoms with Crippen molar-refractivity contribution in [2.75, 3.05) is 12.4 Å². The van der Waals surface area contributed by atoms with Gasteiger partial charge in [0.25, 0.3) is 0 Å². The summed E-state index contributed by atoms with van der Waals surface area (Å²) in [4.78, 5) is 17.5. The number of nitrogens with one attached hydrogen (secondary N) is 2. The Morgan fingerprint density at radius 1 is 1.19 bits per heavy atom. The third kappa shape index (κ3) is 2.25. The molecule has 21 heavy (non-hydrogen) atoms. The van der Waals surface area contributed by atoms with E-state index in [0.29, 0.717) is 11.6 Å². The van der Waals surface area contributed by atoms with Crippen LogP contribution in [0.3, 0.4) is 0 Å². The zero-order valence-electron chi connectivity index (χ0n) is 11.7. The maximum absolute atomic E-state index is 4.55. The molecule has 4 rings (SSSR count). The van der Waals surface area contributed by atoms with Crippen LogP contribution in [-0.4, -0.2) is 27.0 Å². The summed E-state index contributed by atoms with van der Waals surface area (Å²) in [5.74, 6) is 0.596. The highest BCUT2D eigenvalue weighted by Crippen LogP contribution is 2.33. The van der Waals surface area contributed by atoms with Crippen LogP contribution in [0.1, 0.15) is 17.5 Å². The summed E-state index contributed by atoms with van der Waals surface area (Å²) >= 11 is 1.65. The maximum Gasteiger partial charge on any atom is 0.225 e. The van der Waals surface area contributed by atoms with Crippen LogP contribution in [0.4, 0.5) is 5.95 Å². The Balaban J connectivity index is 1.75. The fourth-order valence-electron chi connectivity index (χ4n) is 2.72. The zero-order valence-corrected chi connectivity index (χ0v) is 12.5. The predicted octanol–water partition coefficient (Wildman–Crippen LogP) is 3.03. The van der Waals surface area contributed by atoms with Crippen LogP contribution in [-0.2, 0) is 12.8 Å². The summed E-state index contributed by atoms with van der Waals surface area (Å²) in [5.41, 5.74) is 4.55. The molecule has 0 spiro atoms. The molecule has 0 fully saturated rings. The van der Waals surface area contributed by atoms with E-state index in [-0.39, 0.29) is 0 Å². The van der Waals surface area contributed by atoms with Gasteiger partial charge >= 0.3 is 0 Å². The van der Waals surface area contributed by atoms with Gasteiger partial charge in [-0.3, -0.25) is 0 Å². The molecule has 0 saturated carbocycles. The minimum atomic E-state index is 0.596. The van der Waals surface area contributed by atoms with E-state index in [2.05, 4.69) is 43.5 Å². The molecule has 1 aliphatic carbocycles. The summed E-state index contributed by atoms with van der Waals surface area (Å²) in [7, 11) is 1.82. The Bertz CT molecular complexity index is 811. The number of hydrogen-bond donors (Lipinski definition) is 2. The highest BCUT2D eigenvalue weighted by Gasteiger charge is 2.14. The first-order chi connectivity index (χ1) is 10.3. The highest BCUT2D eigenvalue weighted by atomic mass is 32.2. The van der Waals surface area contributed by atoms with Crippen molar-refractivity contribution in [3.8, 4) is 0 Å². The van der Waals surface area contributed by atoms with Crippen LogP contribution >= 0.6 is 11.8 Å². The molecule has 6 heteroatoms. The van der Waals surface area contributed by atoms with Gasteiger partial charge in [-0.25, -0.2) is 9.97 Å². The standard InChI is InChI=1S/C15H15N5S/c1-16-15-19-13-12(17-8-18-13)14(20-15)21-11-6-5-9-3-2-4-10(9)7-11/h5-8H,2-4H2,1H3,(H2,16,17,18,19,20). The molecule has 0 aliphatic heterocycles. The molecule has 0 radical (unpaired) electrons. The summed E-state index contributed by atoms with van der Waals surface area (Å²) in [6.07, 6.45) is 5.33. The lowest BCUT2D eigenvalue weighted by Gasteiger charge is -2.06. The summed E-state index contributed by atoms with van der Waals surface area (Å²) in [6, 6.07) is 6.71. The van der Waals surface area contributed by atoms with Gasteiger partial charge < -0.3 is 10.3 Å². The van der Waals surface area contributed by atoms with Gasteiger partial charge in [-0.1, -0.05) is 17.8 Å². The number of fused-ring (bicyclic) bond motifs is 2. The normalized spacial score (nSPS) is 13.6. The maximum atomic E-state index is 4.55. The number of imidazole rings is 1. The smallest absolute Gasteiger partial charge is 0.225 e. The first kappa shape index (κ1) is 12.6. The number of rotatable bonds is 3. The monoisotopic (exact) mass is 297 g/mol. The fourth-order valence-corrected chi connectivity index (χ4v) is 3.66. The van der Waals surface area contributed by atoms with E-state index in [0.717, 1.165) is 10.5 Å². The molecule has 1 aromatic carbocycles. The number of aryl methyl sites for hydroxylation is 2. The molecule has 3 aromatic rings. The molecule has 0 saturated heterocycles. The van der Waals surface area contributed by atoms with Crippen molar-refractivity contribution in [3.63, 3.8) is 0 Å². The molecule has 1 aliphatic rings. The Morgan fingerprint density at radius 3 is 3.00 bits per heavy atom. The number of aromatic amines is 1. The van der Waals surface area contributed by atoms with Crippen molar-refractivity contribution in [3.05, 3.63) is 35.7 Å². The van der Waals surface area contributed by atoms with E-state index in [9.17, 15) is 0 Å². The molecular weight excluding hydrogens is 282 g/mol. The Morgan fingerprint density at radius 2 is 2.10 bits per heavy atom. The van der Waals surface area contributed by atoms with Crippen LogP contribution in [0.25, 0.3) is 11.2 Å². The van der Waals surface area contributed by atoms with Gasteiger partial charge in [0.15, 0.2) is 5.65 Å². The average molecular weight is 297 g/mol. The van der Waals surface area contributed by atoms with Crippen LogP contribution in [0, 0.1) is 0 Å². The van der Waals surface area contributed by atoms with Crippen molar-refractivity contribution >= 4 is 28.9 Å². The second kappa shape index (κ2) is 5.04. The molecule has 0 amide bonds. The van der Waals surface area contributed by atoms with Crippen LogP contribution < -0.4 is 5.32 Å². The molecule has 0 atom stereocenters. The van der Waals surface area contributed by atoms with Crippen molar-refractivity contribution in [1.29, 1.82) is 0 Å². The Labute approximate surface area is 126 Å². The molecule has 2 N–H and O–H groups in total. The Kier molecular flexibility index (Phi) is 3.03. The van der Waals surface area contributed by atoms with Gasteiger partial charge in [0.05, 0.1) is 6.33 Å². The summed E-state index contributed by atoms with van der Waals surface area (Å²) in [5, 5.41) is 3.89. The lowest BCUT2D eigenvalue weighted by Crippen LogP contribution is -1.98. The quantitative estimate of drug-likeness (QED) is 0.727. The van der Waals surface area contributed by atoms with Crippen molar-refractivity contribution in [2.45, 2.75) is 29.2 Å². The van der Waals surface area contributed by atoms with Gasteiger partial charge in [-0.05, 0) is 42.5 Å². The zero-order chi connectivity index (χ0) is 14.2. The molecule has 0 bridgehead atoms. The molecule has 2 aromatic heterocycles. The van der Waals surface area contributed by atoms with Gasteiger partial charge in [0.2, 0.25) is 5.95 Å². The molecule has 0 unspecified atom stereocenters. The highest BCUT2D eigenvalue weighted by molar-refractivity contribution is 7.99. The van der Waals surface area contributed by atoms with E-state index in [1.165, 1.54) is 35.3 Å². The van der Waals surface area contributed by atoms with Gasteiger partial charge in [0, 0.05) is 11.9 Å². The minimum Gasteiger partial charge on any atom is -0.357 e. The largest absolute Gasteiger partial charge is 0.357 e. The van der Waals surface area contributed by atoms with E-state index in [4.69, 9.17) is 0 Å². The second-order valence-electron chi connectivity index (χ2n) is 5.09. The topological polar surface area (TPSA) is 66.5 Å². The summed E-state index contributed by atoms with van der Waals surface area (Å²) in [6.45, 7) is 0. The third-order valence-electron chi connectivity index (χ3n) is 3.76. The van der Waals surface area contributed by atoms with Crippen LogP contribution in [0.5, 0.6) is 0 Å². The van der Waals surface area contributed by atoms with Crippen LogP contribution in [0.15, 0.2) is 34.4 Å². The van der Waals surface area contributed by atoms with E-state index in [1.54, 1.807) is 18.1 Å². The van der Waals surface area contributed by atoms with Gasteiger partial charge in [-0.2, -0.15) is 4.98 Å². The van der Waals surface area contributed by atoms with Crippen molar-refractivity contribution in [2.24, 2.45) is 0 Å². The lowest BCUT2D eigenvalue weighted by atomic mass is 10.1. The predicted molar refractivity (Wildman–Crippen MR) is 83.8 cm³/mol. The molecule has 106 valence electrons. The van der Waals surface area contributed by atoms with Crippen molar-refractivity contribution < 1.29 is 0 Å². The first-order valence-electron chi connectivity index (χ1n) is 7.02.